The van der Waals surface area contributed by atoms with Crippen LogP contribution in [0.1, 0.15) is 48.5 Å². The number of ketones is 1. The second-order valence-electron chi connectivity index (χ2n) is 4.07. The molecule has 0 atom stereocenters. The van der Waals surface area contributed by atoms with E-state index in [2.05, 4.69) is 6.92 Å². The molecular weight excluding hydrogens is 216 g/mol. The number of carbonyl (C=O) groups excluding carboxylic acids is 1. The molecular formula is C14H18O3. The van der Waals surface area contributed by atoms with Crippen LogP contribution in [0.25, 0.3) is 0 Å². The van der Waals surface area contributed by atoms with Crippen molar-refractivity contribution in [2.45, 2.75) is 39.0 Å². The number of carbonyl (C=O) groups is 2. The van der Waals surface area contributed by atoms with Crippen molar-refractivity contribution in [2.24, 2.45) is 0 Å². The number of Topliss-reactive ketones (excluding diaryl/α,β-unsaturated/α-hetero) is 1. The second-order valence-corrected chi connectivity index (χ2v) is 4.07. The Hall–Kier alpha value is -1.64. The third-order valence-corrected chi connectivity index (χ3v) is 2.73. The highest BCUT2D eigenvalue weighted by Crippen LogP contribution is 2.10. The van der Waals surface area contributed by atoms with E-state index in [0.717, 1.165) is 12.0 Å². The molecule has 0 bridgehead atoms. The van der Waals surface area contributed by atoms with Crippen molar-refractivity contribution in [3.63, 3.8) is 0 Å². The summed E-state index contributed by atoms with van der Waals surface area (Å²) in [5, 5.41) is 8.47. The van der Waals surface area contributed by atoms with Gasteiger partial charge in [0.1, 0.15) is 0 Å². The summed E-state index contributed by atoms with van der Waals surface area (Å²) in [7, 11) is 0. The van der Waals surface area contributed by atoms with Gasteiger partial charge in [0.15, 0.2) is 5.78 Å². The van der Waals surface area contributed by atoms with Crippen LogP contribution in [0.3, 0.4) is 0 Å². The van der Waals surface area contributed by atoms with Gasteiger partial charge in [-0.05, 0) is 24.8 Å². The van der Waals surface area contributed by atoms with E-state index in [4.69, 9.17) is 5.11 Å². The van der Waals surface area contributed by atoms with Gasteiger partial charge in [0.25, 0.3) is 0 Å². The number of hydrogen-bond acceptors (Lipinski definition) is 2. The first kappa shape index (κ1) is 13.4. The molecule has 92 valence electrons. The maximum absolute atomic E-state index is 11.7. The Balaban J connectivity index is 2.38. The standard InChI is InChI=1S/C14H18O3/c1-2-11-7-9-12(10-8-11)13(15)5-3-4-6-14(16)17/h7-10H,2-6H2,1H3,(H,16,17). The summed E-state index contributed by atoms with van der Waals surface area (Å²) < 4.78 is 0. The molecule has 0 saturated carbocycles. The Morgan fingerprint density at radius 2 is 1.65 bits per heavy atom. The molecule has 17 heavy (non-hydrogen) atoms. The van der Waals surface area contributed by atoms with Crippen molar-refractivity contribution in [2.75, 3.05) is 0 Å². The molecule has 0 radical (unpaired) electrons. The molecule has 0 aliphatic heterocycles. The first-order valence-corrected chi connectivity index (χ1v) is 5.97. The topological polar surface area (TPSA) is 54.4 Å². The molecule has 0 unspecified atom stereocenters. The molecule has 0 aliphatic rings. The van der Waals surface area contributed by atoms with E-state index in [1.54, 1.807) is 0 Å². The summed E-state index contributed by atoms with van der Waals surface area (Å²) in [6.45, 7) is 2.07. The van der Waals surface area contributed by atoms with Crippen molar-refractivity contribution in [3.05, 3.63) is 35.4 Å². The highest BCUT2D eigenvalue weighted by Gasteiger charge is 2.06. The molecule has 0 heterocycles. The van der Waals surface area contributed by atoms with E-state index in [0.29, 0.717) is 19.3 Å². The van der Waals surface area contributed by atoms with Gasteiger partial charge in [-0.15, -0.1) is 0 Å². The van der Waals surface area contributed by atoms with Crippen molar-refractivity contribution >= 4 is 11.8 Å². The average molecular weight is 234 g/mol. The molecule has 0 aromatic heterocycles. The van der Waals surface area contributed by atoms with Crippen LogP contribution < -0.4 is 0 Å². The monoisotopic (exact) mass is 234 g/mol. The van der Waals surface area contributed by atoms with Crippen LogP contribution in [0.15, 0.2) is 24.3 Å². The van der Waals surface area contributed by atoms with E-state index in [-0.39, 0.29) is 12.2 Å². The minimum atomic E-state index is -0.801. The van der Waals surface area contributed by atoms with E-state index < -0.39 is 5.97 Å². The normalized spacial score (nSPS) is 10.2. The third-order valence-electron chi connectivity index (χ3n) is 2.73. The summed E-state index contributed by atoms with van der Waals surface area (Å²) in [6.07, 6.45) is 2.74. The minimum Gasteiger partial charge on any atom is -0.481 e. The Kier molecular flexibility index (Phi) is 5.40. The molecule has 1 rings (SSSR count). The first-order chi connectivity index (χ1) is 8.13. The highest BCUT2D eigenvalue weighted by molar-refractivity contribution is 5.96. The predicted octanol–water partition coefficient (Wildman–Crippen LogP) is 3.08. The summed E-state index contributed by atoms with van der Waals surface area (Å²) in [5.74, 6) is -0.706. The zero-order chi connectivity index (χ0) is 12.7. The largest absolute Gasteiger partial charge is 0.481 e. The van der Waals surface area contributed by atoms with E-state index in [9.17, 15) is 9.59 Å². The van der Waals surface area contributed by atoms with Gasteiger partial charge in [-0.1, -0.05) is 31.2 Å². The number of carboxylic acid groups (broad SMARTS) is 1. The van der Waals surface area contributed by atoms with Gasteiger partial charge < -0.3 is 5.11 Å². The Labute approximate surface area is 101 Å². The lowest BCUT2D eigenvalue weighted by atomic mass is 10.0. The molecule has 1 aromatic carbocycles. The molecule has 1 N–H and O–H groups in total. The van der Waals surface area contributed by atoms with Crippen molar-refractivity contribution in [3.8, 4) is 0 Å². The molecule has 0 amide bonds. The lowest BCUT2D eigenvalue weighted by molar-refractivity contribution is -0.137. The molecule has 3 heteroatoms. The van der Waals surface area contributed by atoms with E-state index >= 15 is 0 Å². The first-order valence-electron chi connectivity index (χ1n) is 5.97. The summed E-state index contributed by atoms with van der Waals surface area (Å²) in [5.41, 5.74) is 1.94. The average Bonchev–Trinajstić information content (AvgIpc) is 2.34. The van der Waals surface area contributed by atoms with Gasteiger partial charge in [0, 0.05) is 18.4 Å². The second kappa shape index (κ2) is 6.84. The Morgan fingerprint density at radius 3 is 2.18 bits per heavy atom. The van der Waals surface area contributed by atoms with Crippen molar-refractivity contribution < 1.29 is 14.7 Å². The van der Waals surface area contributed by atoms with Gasteiger partial charge >= 0.3 is 5.97 Å². The van der Waals surface area contributed by atoms with Crippen LogP contribution in [0.4, 0.5) is 0 Å². The number of hydrogen-bond donors (Lipinski definition) is 1. The minimum absolute atomic E-state index is 0.0954. The van der Waals surface area contributed by atoms with Gasteiger partial charge in [0.2, 0.25) is 0 Å². The number of benzene rings is 1. The maximum Gasteiger partial charge on any atom is 0.303 e. The predicted molar refractivity (Wildman–Crippen MR) is 66.3 cm³/mol. The zero-order valence-electron chi connectivity index (χ0n) is 10.1. The third kappa shape index (κ3) is 4.81. The molecule has 0 fully saturated rings. The summed E-state index contributed by atoms with van der Waals surface area (Å²) in [6, 6.07) is 7.62. The zero-order valence-corrected chi connectivity index (χ0v) is 10.1. The molecule has 1 aromatic rings. The van der Waals surface area contributed by atoms with Gasteiger partial charge in [-0.3, -0.25) is 9.59 Å². The van der Waals surface area contributed by atoms with Crippen LogP contribution in [0, 0.1) is 0 Å². The lowest BCUT2D eigenvalue weighted by Gasteiger charge is -2.02. The molecule has 0 aliphatic carbocycles. The van der Waals surface area contributed by atoms with Crippen LogP contribution >= 0.6 is 0 Å². The van der Waals surface area contributed by atoms with Crippen LogP contribution in [-0.4, -0.2) is 16.9 Å². The number of aryl methyl sites for hydroxylation is 1. The number of carboxylic acids is 1. The van der Waals surface area contributed by atoms with Gasteiger partial charge in [-0.2, -0.15) is 0 Å². The Morgan fingerprint density at radius 1 is 1.06 bits per heavy atom. The fourth-order valence-electron chi connectivity index (χ4n) is 1.63. The number of rotatable bonds is 7. The maximum atomic E-state index is 11.7. The van der Waals surface area contributed by atoms with Crippen LogP contribution in [-0.2, 0) is 11.2 Å². The smallest absolute Gasteiger partial charge is 0.303 e. The van der Waals surface area contributed by atoms with E-state index in [1.807, 2.05) is 24.3 Å². The van der Waals surface area contributed by atoms with Crippen molar-refractivity contribution in [1.29, 1.82) is 0 Å². The van der Waals surface area contributed by atoms with Crippen LogP contribution in [0.5, 0.6) is 0 Å². The molecule has 3 nitrogen and oxygen atoms in total. The number of unbranched alkanes of at least 4 members (excludes halogenated alkanes) is 1. The molecule has 0 saturated heterocycles. The molecule has 0 spiro atoms. The number of aliphatic carboxylic acids is 1. The highest BCUT2D eigenvalue weighted by atomic mass is 16.4. The fraction of sp³-hybridized carbons (Fsp3) is 0.429. The summed E-state index contributed by atoms with van der Waals surface area (Å²) in [4.78, 5) is 22.0. The van der Waals surface area contributed by atoms with Crippen molar-refractivity contribution in [1.82, 2.24) is 0 Å². The lowest BCUT2D eigenvalue weighted by Crippen LogP contribution is -2.00. The van der Waals surface area contributed by atoms with Gasteiger partial charge in [0.05, 0.1) is 0 Å². The Bertz CT molecular complexity index is 379. The quantitative estimate of drug-likeness (QED) is 0.582. The summed E-state index contributed by atoms with van der Waals surface area (Å²) >= 11 is 0. The van der Waals surface area contributed by atoms with E-state index in [1.165, 1.54) is 5.56 Å². The fourth-order valence-corrected chi connectivity index (χ4v) is 1.63. The SMILES string of the molecule is CCc1ccc(C(=O)CCCCC(=O)O)cc1. The van der Waals surface area contributed by atoms with Crippen LogP contribution in [0.2, 0.25) is 0 Å². The van der Waals surface area contributed by atoms with Gasteiger partial charge in [-0.25, -0.2) is 0 Å².